The summed E-state index contributed by atoms with van der Waals surface area (Å²) >= 11 is 1.52. The number of nitrogens with zero attached hydrogens (tertiary/aromatic N) is 2. The Morgan fingerprint density at radius 2 is 2.09 bits per heavy atom. The molecule has 0 radical (unpaired) electrons. The number of hydrogen-bond donors (Lipinski definition) is 0. The number of aromatic nitrogens is 2. The fraction of sp³-hybridized carbons (Fsp3) is 0.294. The molecule has 0 N–H and O–H groups in total. The Morgan fingerprint density at radius 3 is 2.73 bits per heavy atom. The number of benzene rings is 1. The molecule has 3 rings (SSSR count). The van der Waals surface area contributed by atoms with Crippen LogP contribution in [0, 0.1) is 0 Å². The van der Waals surface area contributed by atoms with Gasteiger partial charge in [-0.15, -0.1) is 11.3 Å². The number of rotatable bonds is 3. The molecule has 3 aromatic rings. The van der Waals surface area contributed by atoms with Crippen LogP contribution in [0.5, 0.6) is 5.75 Å². The van der Waals surface area contributed by atoms with Gasteiger partial charge in [0.1, 0.15) is 17.1 Å². The van der Waals surface area contributed by atoms with Crippen LogP contribution < -0.4 is 4.74 Å². The topological polar surface area (TPSA) is 43.6 Å². The van der Waals surface area contributed by atoms with Gasteiger partial charge in [-0.05, 0) is 23.6 Å². The SMILES string of the molecule is COc1ccc(-c2nc3sccn3c2C=O)cc1C(C)(C)C. The summed E-state index contributed by atoms with van der Waals surface area (Å²) < 4.78 is 7.30. The Bertz CT molecular complexity index is 840. The third kappa shape index (κ3) is 2.31. The van der Waals surface area contributed by atoms with Gasteiger partial charge in [0, 0.05) is 22.7 Å². The van der Waals surface area contributed by atoms with Crippen LogP contribution in [-0.4, -0.2) is 22.8 Å². The minimum absolute atomic E-state index is 0.0557. The number of methoxy groups -OCH3 is 1. The predicted molar refractivity (Wildman–Crippen MR) is 89.1 cm³/mol. The van der Waals surface area contributed by atoms with Crippen LogP contribution in [0.3, 0.4) is 0 Å². The number of imidazole rings is 1. The van der Waals surface area contributed by atoms with Gasteiger partial charge in [0.2, 0.25) is 0 Å². The molecule has 0 bridgehead atoms. The normalized spacial score (nSPS) is 11.8. The van der Waals surface area contributed by atoms with Crippen molar-refractivity contribution in [1.82, 2.24) is 9.38 Å². The van der Waals surface area contributed by atoms with Gasteiger partial charge in [0.15, 0.2) is 11.2 Å². The van der Waals surface area contributed by atoms with E-state index in [9.17, 15) is 4.79 Å². The average Bonchev–Trinajstić information content (AvgIpc) is 3.05. The van der Waals surface area contributed by atoms with E-state index in [1.165, 1.54) is 11.3 Å². The maximum absolute atomic E-state index is 11.5. The molecule has 0 atom stereocenters. The molecule has 0 aliphatic heterocycles. The van der Waals surface area contributed by atoms with E-state index in [4.69, 9.17) is 4.74 Å². The maximum Gasteiger partial charge on any atom is 0.194 e. The Balaban J connectivity index is 2.22. The molecule has 1 aromatic carbocycles. The summed E-state index contributed by atoms with van der Waals surface area (Å²) in [5.41, 5.74) is 3.28. The van der Waals surface area contributed by atoms with Gasteiger partial charge in [-0.1, -0.05) is 20.8 Å². The fourth-order valence-corrected chi connectivity index (χ4v) is 3.29. The molecule has 22 heavy (non-hydrogen) atoms. The van der Waals surface area contributed by atoms with Gasteiger partial charge in [-0.25, -0.2) is 4.98 Å². The molecule has 0 aliphatic carbocycles. The van der Waals surface area contributed by atoms with E-state index in [1.807, 2.05) is 28.1 Å². The number of aldehydes is 1. The van der Waals surface area contributed by atoms with Gasteiger partial charge in [-0.2, -0.15) is 0 Å². The van der Waals surface area contributed by atoms with E-state index in [2.05, 4.69) is 31.8 Å². The molecule has 0 spiro atoms. The molecule has 2 aromatic heterocycles. The highest BCUT2D eigenvalue weighted by atomic mass is 32.1. The number of carbonyl (C=O) groups excluding carboxylic acids is 1. The van der Waals surface area contributed by atoms with E-state index in [1.54, 1.807) is 7.11 Å². The lowest BCUT2D eigenvalue weighted by Gasteiger charge is -2.22. The zero-order valence-electron chi connectivity index (χ0n) is 13.1. The number of ether oxygens (including phenoxy) is 1. The second-order valence-electron chi connectivity index (χ2n) is 6.18. The summed E-state index contributed by atoms with van der Waals surface area (Å²) in [4.78, 5) is 16.9. The van der Waals surface area contributed by atoms with Crippen molar-refractivity contribution < 1.29 is 9.53 Å². The molecular formula is C17H18N2O2S. The summed E-state index contributed by atoms with van der Waals surface area (Å²) in [6.45, 7) is 6.42. The van der Waals surface area contributed by atoms with Crippen LogP contribution in [0.1, 0.15) is 36.8 Å². The quantitative estimate of drug-likeness (QED) is 0.681. The smallest absolute Gasteiger partial charge is 0.194 e. The molecule has 0 amide bonds. The summed E-state index contributed by atoms with van der Waals surface area (Å²) in [5.74, 6) is 0.852. The van der Waals surface area contributed by atoms with Crippen LogP contribution in [0.2, 0.25) is 0 Å². The zero-order chi connectivity index (χ0) is 15.9. The van der Waals surface area contributed by atoms with Gasteiger partial charge in [0.05, 0.1) is 7.11 Å². The number of carbonyl (C=O) groups is 1. The molecular weight excluding hydrogens is 296 g/mol. The summed E-state index contributed by atoms with van der Waals surface area (Å²) in [6.07, 6.45) is 2.73. The van der Waals surface area contributed by atoms with E-state index >= 15 is 0 Å². The monoisotopic (exact) mass is 314 g/mol. The Kier molecular flexibility index (Phi) is 3.53. The van der Waals surface area contributed by atoms with Crippen LogP contribution in [0.25, 0.3) is 16.2 Å². The number of thiazole rings is 1. The second-order valence-corrected chi connectivity index (χ2v) is 7.06. The van der Waals surface area contributed by atoms with Gasteiger partial charge >= 0.3 is 0 Å². The highest BCUT2D eigenvalue weighted by molar-refractivity contribution is 7.15. The average molecular weight is 314 g/mol. The van der Waals surface area contributed by atoms with E-state index in [0.717, 1.165) is 33.8 Å². The fourth-order valence-electron chi connectivity index (χ4n) is 2.57. The number of fused-ring (bicyclic) bond motifs is 1. The van der Waals surface area contributed by atoms with E-state index in [-0.39, 0.29) is 5.41 Å². The van der Waals surface area contributed by atoms with E-state index in [0.29, 0.717) is 5.69 Å². The summed E-state index contributed by atoms with van der Waals surface area (Å²) in [6, 6.07) is 5.96. The lowest BCUT2D eigenvalue weighted by Crippen LogP contribution is -2.13. The van der Waals surface area contributed by atoms with Gasteiger partial charge < -0.3 is 4.74 Å². The van der Waals surface area contributed by atoms with Crippen molar-refractivity contribution in [2.45, 2.75) is 26.2 Å². The summed E-state index contributed by atoms with van der Waals surface area (Å²) in [7, 11) is 1.67. The first-order chi connectivity index (χ1) is 10.5. The molecule has 114 valence electrons. The second kappa shape index (κ2) is 5.25. The first-order valence-electron chi connectivity index (χ1n) is 7.05. The molecule has 0 aliphatic rings. The van der Waals surface area contributed by atoms with Crippen molar-refractivity contribution in [1.29, 1.82) is 0 Å². The minimum Gasteiger partial charge on any atom is -0.496 e. The van der Waals surface area contributed by atoms with Crippen molar-refractivity contribution in [2.24, 2.45) is 0 Å². The molecule has 5 heteroatoms. The molecule has 0 unspecified atom stereocenters. The Labute approximate surface area is 133 Å². The van der Waals surface area contributed by atoms with Crippen molar-refractivity contribution in [3.63, 3.8) is 0 Å². The van der Waals surface area contributed by atoms with Crippen LogP contribution in [-0.2, 0) is 5.41 Å². The molecule has 4 nitrogen and oxygen atoms in total. The largest absolute Gasteiger partial charge is 0.496 e. The van der Waals surface area contributed by atoms with Crippen LogP contribution >= 0.6 is 11.3 Å². The van der Waals surface area contributed by atoms with Crippen molar-refractivity contribution >= 4 is 22.6 Å². The zero-order valence-corrected chi connectivity index (χ0v) is 13.9. The van der Waals surface area contributed by atoms with Gasteiger partial charge in [0.25, 0.3) is 0 Å². The Morgan fingerprint density at radius 1 is 1.32 bits per heavy atom. The lowest BCUT2D eigenvalue weighted by atomic mass is 9.85. The highest BCUT2D eigenvalue weighted by Crippen LogP contribution is 2.35. The van der Waals surface area contributed by atoms with Crippen molar-refractivity contribution in [3.8, 4) is 17.0 Å². The van der Waals surface area contributed by atoms with Crippen molar-refractivity contribution in [3.05, 3.63) is 41.0 Å². The third-order valence-corrected chi connectivity index (χ3v) is 4.45. The van der Waals surface area contributed by atoms with Gasteiger partial charge in [-0.3, -0.25) is 9.20 Å². The minimum atomic E-state index is -0.0557. The molecule has 0 fully saturated rings. The first-order valence-corrected chi connectivity index (χ1v) is 7.93. The van der Waals surface area contributed by atoms with Crippen LogP contribution in [0.4, 0.5) is 0 Å². The maximum atomic E-state index is 11.5. The lowest BCUT2D eigenvalue weighted by molar-refractivity contribution is 0.111. The predicted octanol–water partition coefficient (Wildman–Crippen LogP) is 4.18. The molecule has 0 saturated heterocycles. The van der Waals surface area contributed by atoms with Crippen LogP contribution in [0.15, 0.2) is 29.8 Å². The Hall–Kier alpha value is -2.14. The first kappa shape index (κ1) is 14.8. The standard InChI is InChI=1S/C17H18N2O2S/c1-17(2,3)12-9-11(5-6-14(12)21-4)15-13(10-20)19-7-8-22-16(19)18-15/h5-10H,1-4H3. The van der Waals surface area contributed by atoms with E-state index < -0.39 is 0 Å². The highest BCUT2D eigenvalue weighted by Gasteiger charge is 2.21. The summed E-state index contributed by atoms with van der Waals surface area (Å²) in [5, 5.41) is 1.92. The number of hydrogen-bond acceptors (Lipinski definition) is 4. The molecule has 2 heterocycles. The van der Waals surface area contributed by atoms with Crippen molar-refractivity contribution in [2.75, 3.05) is 7.11 Å². The molecule has 0 saturated carbocycles. The third-order valence-electron chi connectivity index (χ3n) is 3.69.